The smallest absolute Gasteiger partial charge is 0.223 e. The highest BCUT2D eigenvalue weighted by molar-refractivity contribution is 9.09. The van der Waals surface area contributed by atoms with Gasteiger partial charge in [0.1, 0.15) is 0 Å². The topological polar surface area (TPSA) is 40.5 Å². The molecule has 0 aromatic carbocycles. The minimum absolute atomic E-state index is 0.255. The summed E-state index contributed by atoms with van der Waals surface area (Å²) < 4.78 is 0. The zero-order valence-corrected chi connectivity index (χ0v) is 9.29. The van der Waals surface area contributed by atoms with Crippen molar-refractivity contribution in [3.8, 4) is 0 Å². The molecule has 13 heavy (non-hydrogen) atoms. The summed E-state index contributed by atoms with van der Waals surface area (Å²) in [6.45, 7) is 1.95. The summed E-state index contributed by atoms with van der Waals surface area (Å²) in [5.41, 5.74) is 0. The van der Waals surface area contributed by atoms with Crippen molar-refractivity contribution in [1.82, 2.24) is 4.90 Å². The Morgan fingerprint density at radius 3 is 2.77 bits per heavy atom. The quantitative estimate of drug-likeness (QED) is 0.587. The first-order chi connectivity index (χ1) is 6.24. The largest absolute Gasteiger partial charge is 0.396 e. The summed E-state index contributed by atoms with van der Waals surface area (Å²) in [7, 11) is 0. The van der Waals surface area contributed by atoms with Crippen molar-refractivity contribution < 1.29 is 9.90 Å². The van der Waals surface area contributed by atoms with Gasteiger partial charge in [0.25, 0.3) is 0 Å². The van der Waals surface area contributed by atoms with Crippen molar-refractivity contribution in [2.75, 3.05) is 19.7 Å². The van der Waals surface area contributed by atoms with E-state index in [1.54, 1.807) is 0 Å². The van der Waals surface area contributed by atoms with Crippen molar-refractivity contribution in [2.45, 2.75) is 30.5 Å². The molecule has 0 bridgehead atoms. The third-order valence-corrected chi connectivity index (χ3v) is 2.87. The lowest BCUT2D eigenvalue weighted by Crippen LogP contribution is -2.26. The van der Waals surface area contributed by atoms with Crippen LogP contribution in [0.4, 0.5) is 0 Å². The van der Waals surface area contributed by atoms with E-state index in [1.807, 2.05) is 4.90 Å². The van der Waals surface area contributed by atoms with Crippen LogP contribution in [-0.2, 0) is 4.79 Å². The summed E-state index contributed by atoms with van der Waals surface area (Å²) in [4.78, 5) is 13.5. The van der Waals surface area contributed by atoms with Crippen LogP contribution in [0.2, 0.25) is 0 Å². The molecule has 1 fully saturated rings. The lowest BCUT2D eigenvalue weighted by molar-refractivity contribution is -0.127. The molecule has 0 aromatic heterocycles. The van der Waals surface area contributed by atoms with Crippen molar-refractivity contribution in [3.63, 3.8) is 0 Å². The van der Waals surface area contributed by atoms with E-state index in [1.165, 1.54) is 0 Å². The van der Waals surface area contributed by atoms with Gasteiger partial charge in [-0.05, 0) is 19.3 Å². The van der Waals surface area contributed by atoms with Gasteiger partial charge in [0.2, 0.25) is 5.91 Å². The van der Waals surface area contributed by atoms with E-state index in [2.05, 4.69) is 15.9 Å². The highest BCUT2D eigenvalue weighted by Crippen LogP contribution is 2.18. The summed E-state index contributed by atoms with van der Waals surface area (Å²) in [6, 6.07) is 0. The Kier molecular flexibility index (Phi) is 4.73. The summed E-state index contributed by atoms with van der Waals surface area (Å²) >= 11 is 3.44. The molecular formula is C9H16BrNO2. The highest BCUT2D eigenvalue weighted by Gasteiger charge is 2.26. The first-order valence-electron chi connectivity index (χ1n) is 4.76. The molecule has 0 radical (unpaired) electrons. The molecule has 0 spiro atoms. The van der Waals surface area contributed by atoms with Gasteiger partial charge in [-0.3, -0.25) is 4.79 Å². The Balaban J connectivity index is 2.11. The van der Waals surface area contributed by atoms with Crippen LogP contribution in [0.3, 0.4) is 0 Å². The molecule has 1 unspecified atom stereocenters. The molecule has 1 aliphatic rings. The minimum atomic E-state index is 0.255. The Morgan fingerprint density at radius 1 is 1.46 bits per heavy atom. The molecule has 1 aliphatic heterocycles. The third kappa shape index (κ3) is 3.65. The molecule has 3 nitrogen and oxygen atoms in total. The first kappa shape index (κ1) is 11.0. The van der Waals surface area contributed by atoms with E-state index in [-0.39, 0.29) is 12.5 Å². The Bertz CT molecular complexity index is 175. The number of carbonyl (C=O) groups excluding carboxylic acids is 1. The van der Waals surface area contributed by atoms with Crippen LogP contribution in [0.5, 0.6) is 0 Å². The number of halogens is 1. The molecule has 4 heteroatoms. The van der Waals surface area contributed by atoms with Gasteiger partial charge in [-0.2, -0.15) is 0 Å². The van der Waals surface area contributed by atoms with Crippen molar-refractivity contribution >= 4 is 21.8 Å². The summed E-state index contributed by atoms with van der Waals surface area (Å²) in [6.07, 6.45) is 3.50. The summed E-state index contributed by atoms with van der Waals surface area (Å²) in [5.74, 6) is 0.255. The minimum Gasteiger partial charge on any atom is -0.396 e. The molecule has 0 saturated carbocycles. The fourth-order valence-corrected chi connectivity index (χ4v) is 2.16. The van der Waals surface area contributed by atoms with Crippen LogP contribution in [0.1, 0.15) is 25.7 Å². The predicted molar refractivity (Wildman–Crippen MR) is 54.8 cm³/mol. The third-order valence-electron chi connectivity index (χ3n) is 2.25. The number of aliphatic hydroxyl groups is 1. The van der Waals surface area contributed by atoms with Crippen molar-refractivity contribution in [1.29, 1.82) is 0 Å². The number of hydrogen-bond acceptors (Lipinski definition) is 2. The second kappa shape index (κ2) is 5.60. The van der Waals surface area contributed by atoms with Crippen LogP contribution < -0.4 is 0 Å². The number of likely N-dealkylation sites (tertiary alicyclic amines) is 1. The average molecular weight is 250 g/mol. The second-order valence-corrected chi connectivity index (χ2v) is 4.72. The molecule has 76 valence electrons. The average Bonchev–Trinajstić information content (AvgIpc) is 2.39. The zero-order chi connectivity index (χ0) is 9.68. The number of hydrogen-bond donors (Lipinski definition) is 1. The van der Waals surface area contributed by atoms with E-state index in [9.17, 15) is 4.79 Å². The summed E-state index contributed by atoms with van der Waals surface area (Å²) in [5, 5.41) is 8.56. The Morgan fingerprint density at radius 2 is 2.23 bits per heavy atom. The molecule has 1 heterocycles. The van der Waals surface area contributed by atoms with Gasteiger partial charge in [-0.1, -0.05) is 15.9 Å². The number of nitrogens with zero attached hydrogens (tertiary/aromatic N) is 1. The van der Waals surface area contributed by atoms with E-state index in [0.717, 1.165) is 32.4 Å². The van der Waals surface area contributed by atoms with Crippen LogP contribution in [0.15, 0.2) is 0 Å². The van der Waals surface area contributed by atoms with E-state index < -0.39 is 0 Å². The van der Waals surface area contributed by atoms with Crippen LogP contribution in [0, 0.1) is 0 Å². The number of alkyl halides is 1. The van der Waals surface area contributed by atoms with Crippen molar-refractivity contribution in [2.24, 2.45) is 0 Å². The standard InChI is InChI=1S/C9H16BrNO2/c10-8-6-9(13)11(7-8)4-2-1-3-5-12/h8,12H,1-7H2. The van der Waals surface area contributed by atoms with Gasteiger partial charge < -0.3 is 10.0 Å². The SMILES string of the molecule is O=C1CC(Br)CN1CCCCCO. The van der Waals surface area contributed by atoms with Crippen LogP contribution in [0.25, 0.3) is 0 Å². The normalized spacial score (nSPS) is 22.8. The molecule has 1 amide bonds. The van der Waals surface area contributed by atoms with Gasteiger partial charge >= 0.3 is 0 Å². The molecule has 1 N–H and O–H groups in total. The maximum Gasteiger partial charge on any atom is 0.223 e. The molecule has 1 atom stereocenters. The fourth-order valence-electron chi connectivity index (χ4n) is 1.53. The fraction of sp³-hybridized carbons (Fsp3) is 0.889. The maximum absolute atomic E-state index is 11.3. The van der Waals surface area contributed by atoms with E-state index in [0.29, 0.717) is 11.2 Å². The van der Waals surface area contributed by atoms with Crippen LogP contribution >= 0.6 is 15.9 Å². The number of rotatable bonds is 5. The second-order valence-electron chi connectivity index (χ2n) is 3.43. The maximum atomic E-state index is 11.3. The monoisotopic (exact) mass is 249 g/mol. The van der Waals surface area contributed by atoms with Crippen LogP contribution in [-0.4, -0.2) is 40.4 Å². The van der Waals surface area contributed by atoms with Gasteiger partial charge in [0.05, 0.1) is 0 Å². The zero-order valence-electron chi connectivity index (χ0n) is 7.71. The number of amides is 1. The van der Waals surface area contributed by atoms with Gasteiger partial charge in [0.15, 0.2) is 0 Å². The first-order valence-corrected chi connectivity index (χ1v) is 5.68. The Hall–Kier alpha value is -0.0900. The number of unbranched alkanes of at least 4 members (excludes halogenated alkanes) is 2. The molecular weight excluding hydrogens is 234 g/mol. The highest BCUT2D eigenvalue weighted by atomic mass is 79.9. The lowest BCUT2D eigenvalue weighted by Gasteiger charge is -2.14. The van der Waals surface area contributed by atoms with Gasteiger partial charge in [-0.25, -0.2) is 0 Å². The molecule has 0 aliphatic carbocycles. The van der Waals surface area contributed by atoms with Gasteiger partial charge in [-0.15, -0.1) is 0 Å². The van der Waals surface area contributed by atoms with E-state index >= 15 is 0 Å². The predicted octanol–water partition coefficient (Wildman–Crippen LogP) is 1.14. The Labute approximate surface area is 87.2 Å². The van der Waals surface area contributed by atoms with Gasteiger partial charge in [0, 0.05) is 30.9 Å². The number of carbonyl (C=O) groups is 1. The number of aliphatic hydroxyl groups excluding tert-OH is 1. The lowest BCUT2D eigenvalue weighted by atomic mass is 10.2. The molecule has 0 aromatic rings. The molecule has 1 saturated heterocycles. The molecule has 1 rings (SSSR count). The van der Waals surface area contributed by atoms with E-state index in [4.69, 9.17) is 5.11 Å². The van der Waals surface area contributed by atoms with Crippen molar-refractivity contribution in [3.05, 3.63) is 0 Å².